The molecular formula is C14H26N4O. The van der Waals surface area contributed by atoms with Crippen molar-refractivity contribution in [2.45, 2.75) is 32.7 Å². The number of anilines is 1. The van der Waals surface area contributed by atoms with Crippen molar-refractivity contribution in [3.05, 3.63) is 11.3 Å². The topological polar surface area (TPSA) is 53.3 Å². The van der Waals surface area contributed by atoms with E-state index in [-0.39, 0.29) is 0 Å². The van der Waals surface area contributed by atoms with Gasteiger partial charge in [-0.3, -0.25) is 4.68 Å². The Morgan fingerprint density at radius 2 is 2.26 bits per heavy atom. The maximum absolute atomic E-state index is 9.13. The van der Waals surface area contributed by atoms with Crippen LogP contribution in [0, 0.1) is 12.8 Å². The van der Waals surface area contributed by atoms with Gasteiger partial charge in [0.1, 0.15) is 5.82 Å². The van der Waals surface area contributed by atoms with Crippen molar-refractivity contribution in [3.63, 3.8) is 0 Å². The summed E-state index contributed by atoms with van der Waals surface area (Å²) in [5.74, 6) is 1.85. The van der Waals surface area contributed by atoms with Crippen LogP contribution >= 0.6 is 0 Å². The lowest BCUT2D eigenvalue weighted by molar-refractivity contribution is 0.244. The molecule has 1 unspecified atom stereocenters. The van der Waals surface area contributed by atoms with Crippen LogP contribution in [0.15, 0.2) is 0 Å². The predicted molar refractivity (Wildman–Crippen MR) is 77.3 cm³/mol. The molecule has 2 N–H and O–H groups in total. The van der Waals surface area contributed by atoms with Gasteiger partial charge in [0.05, 0.1) is 5.69 Å². The third kappa shape index (κ3) is 3.09. The molecule has 0 bridgehead atoms. The molecule has 0 spiro atoms. The van der Waals surface area contributed by atoms with E-state index in [1.54, 1.807) is 0 Å². The highest BCUT2D eigenvalue weighted by Gasteiger charge is 2.24. The van der Waals surface area contributed by atoms with Crippen LogP contribution in [0.25, 0.3) is 0 Å². The molecule has 2 rings (SSSR count). The second-order valence-electron chi connectivity index (χ2n) is 5.51. The summed E-state index contributed by atoms with van der Waals surface area (Å²) < 4.78 is 2.00. The van der Waals surface area contributed by atoms with Gasteiger partial charge in [0.15, 0.2) is 0 Å². The fraction of sp³-hybridized carbons (Fsp3) is 0.786. The summed E-state index contributed by atoms with van der Waals surface area (Å²) in [7, 11) is 4.00. The van der Waals surface area contributed by atoms with Gasteiger partial charge in [0.25, 0.3) is 0 Å². The Balaban J connectivity index is 2.20. The Kier molecular flexibility index (Phi) is 4.82. The van der Waals surface area contributed by atoms with Gasteiger partial charge in [-0.15, -0.1) is 0 Å². The zero-order valence-corrected chi connectivity index (χ0v) is 12.3. The van der Waals surface area contributed by atoms with E-state index in [1.807, 2.05) is 18.8 Å². The number of hydrogen-bond donors (Lipinski definition) is 2. The Morgan fingerprint density at radius 1 is 1.47 bits per heavy atom. The van der Waals surface area contributed by atoms with Crippen LogP contribution in [-0.4, -0.2) is 41.6 Å². The summed E-state index contributed by atoms with van der Waals surface area (Å²) in [6.07, 6.45) is 3.35. The molecule has 5 nitrogen and oxygen atoms in total. The molecule has 1 atom stereocenters. The molecule has 0 aromatic carbocycles. The SMILES string of the molecule is CNCc1c(C)nn(C)c1N1CCCC(CCO)C1. The monoisotopic (exact) mass is 266 g/mol. The number of hydrogen-bond acceptors (Lipinski definition) is 4. The van der Waals surface area contributed by atoms with Crippen LogP contribution in [0.3, 0.4) is 0 Å². The normalized spacial score (nSPS) is 20.0. The molecule has 1 aliphatic heterocycles. The van der Waals surface area contributed by atoms with Crippen molar-refractivity contribution < 1.29 is 5.11 Å². The van der Waals surface area contributed by atoms with Gasteiger partial charge in [0, 0.05) is 38.9 Å². The first-order chi connectivity index (χ1) is 9.17. The van der Waals surface area contributed by atoms with E-state index in [0.29, 0.717) is 12.5 Å². The van der Waals surface area contributed by atoms with Crippen LogP contribution in [0.5, 0.6) is 0 Å². The van der Waals surface area contributed by atoms with Crippen LogP contribution in [0.1, 0.15) is 30.5 Å². The van der Waals surface area contributed by atoms with Gasteiger partial charge in [-0.25, -0.2) is 0 Å². The number of aromatic nitrogens is 2. The molecule has 1 aromatic heterocycles. The van der Waals surface area contributed by atoms with Crippen molar-refractivity contribution in [2.75, 3.05) is 31.6 Å². The molecular weight excluding hydrogens is 240 g/mol. The molecule has 0 saturated carbocycles. The van der Waals surface area contributed by atoms with E-state index < -0.39 is 0 Å². The molecule has 0 amide bonds. The largest absolute Gasteiger partial charge is 0.396 e. The minimum atomic E-state index is 0.298. The molecule has 108 valence electrons. The van der Waals surface area contributed by atoms with Crippen molar-refractivity contribution in [2.24, 2.45) is 13.0 Å². The summed E-state index contributed by atoms with van der Waals surface area (Å²) in [5, 5.41) is 16.9. The number of nitrogens with zero attached hydrogens (tertiary/aromatic N) is 3. The van der Waals surface area contributed by atoms with Crippen LogP contribution in [-0.2, 0) is 13.6 Å². The van der Waals surface area contributed by atoms with Gasteiger partial charge < -0.3 is 15.3 Å². The average Bonchev–Trinajstić information content (AvgIpc) is 2.66. The van der Waals surface area contributed by atoms with E-state index in [0.717, 1.165) is 31.7 Å². The Labute approximate surface area is 115 Å². The zero-order valence-electron chi connectivity index (χ0n) is 12.3. The van der Waals surface area contributed by atoms with E-state index >= 15 is 0 Å². The molecule has 2 heterocycles. The maximum atomic E-state index is 9.13. The van der Waals surface area contributed by atoms with Gasteiger partial charge in [-0.2, -0.15) is 5.10 Å². The molecule has 19 heavy (non-hydrogen) atoms. The number of piperidine rings is 1. The van der Waals surface area contributed by atoms with Crippen molar-refractivity contribution >= 4 is 5.82 Å². The Morgan fingerprint density at radius 3 is 2.95 bits per heavy atom. The Bertz CT molecular complexity index is 414. The van der Waals surface area contributed by atoms with Gasteiger partial charge >= 0.3 is 0 Å². The number of aryl methyl sites for hydroxylation is 2. The summed E-state index contributed by atoms with van der Waals surface area (Å²) >= 11 is 0. The Hall–Kier alpha value is -1.07. The van der Waals surface area contributed by atoms with Crippen molar-refractivity contribution in [1.82, 2.24) is 15.1 Å². The number of rotatable bonds is 5. The number of nitrogens with one attached hydrogen (secondary N) is 1. The second kappa shape index (κ2) is 6.39. The third-order valence-corrected chi connectivity index (χ3v) is 4.02. The van der Waals surface area contributed by atoms with Crippen LogP contribution < -0.4 is 10.2 Å². The van der Waals surface area contributed by atoms with E-state index in [9.17, 15) is 0 Å². The summed E-state index contributed by atoms with van der Waals surface area (Å²) in [6, 6.07) is 0. The second-order valence-corrected chi connectivity index (χ2v) is 5.51. The van der Waals surface area contributed by atoms with Gasteiger partial charge in [-0.1, -0.05) is 0 Å². The smallest absolute Gasteiger partial charge is 0.131 e. The molecule has 0 radical (unpaired) electrons. The van der Waals surface area contributed by atoms with Crippen molar-refractivity contribution in [1.29, 1.82) is 0 Å². The minimum absolute atomic E-state index is 0.298. The quantitative estimate of drug-likeness (QED) is 0.836. The highest BCUT2D eigenvalue weighted by Crippen LogP contribution is 2.28. The maximum Gasteiger partial charge on any atom is 0.131 e. The summed E-state index contributed by atoms with van der Waals surface area (Å²) in [6.45, 7) is 5.36. The fourth-order valence-corrected chi connectivity index (χ4v) is 3.14. The third-order valence-electron chi connectivity index (χ3n) is 4.02. The van der Waals surface area contributed by atoms with E-state index in [2.05, 4.69) is 22.2 Å². The molecule has 0 aliphatic carbocycles. The standard InChI is InChI=1S/C14H26N4O/c1-11-13(9-15-2)14(17(3)16-11)18-7-4-5-12(10-18)6-8-19/h12,15,19H,4-10H2,1-3H3. The lowest BCUT2D eigenvalue weighted by atomic mass is 9.95. The molecule has 1 aromatic rings. The number of aliphatic hydroxyl groups is 1. The van der Waals surface area contributed by atoms with E-state index in [4.69, 9.17) is 5.11 Å². The molecule has 1 fully saturated rings. The average molecular weight is 266 g/mol. The van der Waals surface area contributed by atoms with Crippen LogP contribution in [0.4, 0.5) is 5.82 Å². The van der Waals surface area contributed by atoms with Gasteiger partial charge in [0.2, 0.25) is 0 Å². The fourth-order valence-electron chi connectivity index (χ4n) is 3.14. The van der Waals surface area contributed by atoms with E-state index in [1.165, 1.54) is 24.2 Å². The zero-order chi connectivity index (χ0) is 13.8. The highest BCUT2D eigenvalue weighted by molar-refractivity contribution is 5.50. The first-order valence-electron chi connectivity index (χ1n) is 7.20. The minimum Gasteiger partial charge on any atom is -0.396 e. The van der Waals surface area contributed by atoms with Crippen molar-refractivity contribution in [3.8, 4) is 0 Å². The molecule has 1 aliphatic rings. The lowest BCUT2D eigenvalue weighted by Gasteiger charge is -2.34. The molecule has 1 saturated heterocycles. The summed E-state index contributed by atoms with van der Waals surface area (Å²) in [5.41, 5.74) is 2.41. The summed E-state index contributed by atoms with van der Waals surface area (Å²) in [4.78, 5) is 2.44. The number of aliphatic hydroxyl groups excluding tert-OH is 1. The molecule has 5 heteroatoms. The highest BCUT2D eigenvalue weighted by atomic mass is 16.3. The lowest BCUT2D eigenvalue weighted by Crippen LogP contribution is -2.37. The van der Waals surface area contributed by atoms with Crippen LogP contribution in [0.2, 0.25) is 0 Å². The first kappa shape index (κ1) is 14.3. The first-order valence-corrected chi connectivity index (χ1v) is 7.20. The van der Waals surface area contributed by atoms with Gasteiger partial charge in [-0.05, 0) is 39.2 Å². The predicted octanol–water partition coefficient (Wildman–Crippen LogP) is 1.05.